The minimum absolute atomic E-state index is 0.0464. The Balaban J connectivity index is 0.00000227. The molecule has 0 saturated carbocycles. The van der Waals surface area contributed by atoms with E-state index in [1.54, 1.807) is 12.1 Å². The lowest BCUT2D eigenvalue weighted by Crippen LogP contribution is -2.31. The first-order valence-corrected chi connectivity index (χ1v) is 10.9. The van der Waals surface area contributed by atoms with Crippen molar-refractivity contribution in [1.82, 2.24) is 20.9 Å². The van der Waals surface area contributed by atoms with Crippen molar-refractivity contribution in [3.05, 3.63) is 76.8 Å². The first-order chi connectivity index (χ1) is 15.4. The number of nitrogens with zero attached hydrogens (tertiary/aromatic N) is 1. The normalized spacial score (nSPS) is 11.0. The summed E-state index contributed by atoms with van der Waals surface area (Å²) in [5.74, 6) is -2.79. The second kappa shape index (κ2) is 16.9. The number of aromatic nitrogens is 1. The molecular weight excluding hydrogens is 406 g/mol. The fraction of sp³-hybridized carbons (Fsp3) is 0.423. The average Bonchev–Trinajstić information content (AvgIpc) is 2.80. The van der Waals surface area contributed by atoms with E-state index in [2.05, 4.69) is 52.8 Å². The van der Waals surface area contributed by atoms with Crippen LogP contribution in [-0.4, -0.2) is 24.6 Å². The molecule has 0 aliphatic rings. The van der Waals surface area contributed by atoms with E-state index in [4.69, 9.17) is 0 Å². The Kier molecular flexibility index (Phi) is 15.4. The molecule has 2 aromatic rings. The summed E-state index contributed by atoms with van der Waals surface area (Å²) in [6.45, 7) is 12.7. The number of alkyl halides is 2. The van der Waals surface area contributed by atoms with Gasteiger partial charge >= 0.3 is 0 Å². The van der Waals surface area contributed by atoms with E-state index in [-0.39, 0.29) is 5.56 Å². The Morgan fingerprint density at radius 3 is 2.22 bits per heavy atom. The van der Waals surface area contributed by atoms with Crippen LogP contribution < -0.4 is 16.0 Å². The zero-order valence-electron chi connectivity index (χ0n) is 20.0. The quantitative estimate of drug-likeness (QED) is 0.331. The van der Waals surface area contributed by atoms with Gasteiger partial charge in [0.1, 0.15) is 0 Å². The lowest BCUT2D eigenvalue weighted by atomic mass is 10.1. The number of allylic oxidation sites excluding steroid dienone is 1. The first kappa shape index (κ1) is 29.2. The minimum atomic E-state index is -2.79. The van der Waals surface area contributed by atoms with Crippen LogP contribution in [0.5, 0.6) is 0 Å². The summed E-state index contributed by atoms with van der Waals surface area (Å²) in [4.78, 5) is 4.35. The summed E-state index contributed by atoms with van der Waals surface area (Å²) in [6.07, 6.45) is 11.9. The molecule has 0 atom stereocenters. The zero-order chi connectivity index (χ0) is 24.4. The molecule has 6 heteroatoms. The smallest absolute Gasteiger partial charge is 0.270 e. The number of hydrogen-bond donors (Lipinski definition) is 3. The molecule has 0 amide bonds. The van der Waals surface area contributed by atoms with Crippen LogP contribution in [0.15, 0.2) is 54.4 Å². The Bertz CT molecular complexity index is 793. The van der Waals surface area contributed by atoms with Gasteiger partial charge in [0.2, 0.25) is 0 Å². The van der Waals surface area contributed by atoms with Crippen LogP contribution in [0.25, 0.3) is 0 Å². The second-order valence-electron chi connectivity index (χ2n) is 6.93. The first-order valence-electron chi connectivity index (χ1n) is 10.9. The predicted octanol–water partition coefficient (Wildman–Crippen LogP) is 5.15. The van der Waals surface area contributed by atoms with E-state index in [9.17, 15) is 8.78 Å². The Hall–Kier alpha value is -2.75. The van der Waals surface area contributed by atoms with Gasteiger partial charge in [0.25, 0.3) is 5.92 Å². The molecule has 4 nitrogen and oxygen atoms in total. The molecule has 2 rings (SSSR count). The number of pyridine rings is 1. The maximum Gasteiger partial charge on any atom is 0.270 e. The van der Waals surface area contributed by atoms with Crippen LogP contribution in [0, 0.1) is 19.8 Å². The topological polar surface area (TPSA) is 49.0 Å². The molecule has 0 radical (unpaired) electrons. The third-order valence-electron chi connectivity index (χ3n) is 4.40. The standard InChI is InChI=1S/C22H30F2N4.C2H6.C2H2/c1-4-20(28-16-21-13-17(2)9-10-27-21)15-26-12-11-25-14-18-5-7-19(8-6-18)22(3,23)24;2*1-2/h4-10,13,25-26,28H,11-12,14-16H2,1-3H3;1-2H3;1-2H/b20-4-;;. The van der Waals surface area contributed by atoms with Gasteiger partial charge in [-0.15, -0.1) is 12.8 Å². The SMILES string of the molecule is C#C.C/C=C(/CNCCNCc1ccc(C(C)(F)F)cc1)NCc1cc(C)ccn1.CC. The Morgan fingerprint density at radius 1 is 1.03 bits per heavy atom. The number of terminal acetylenes is 1. The molecule has 0 aliphatic heterocycles. The Morgan fingerprint density at radius 2 is 1.66 bits per heavy atom. The van der Waals surface area contributed by atoms with Crippen molar-refractivity contribution in [1.29, 1.82) is 0 Å². The van der Waals surface area contributed by atoms with E-state index in [1.807, 2.05) is 33.0 Å². The summed E-state index contributed by atoms with van der Waals surface area (Å²) in [5, 5.41) is 10.1. The zero-order valence-corrected chi connectivity index (χ0v) is 20.0. The third-order valence-corrected chi connectivity index (χ3v) is 4.40. The molecule has 1 heterocycles. The van der Waals surface area contributed by atoms with Crippen molar-refractivity contribution < 1.29 is 8.78 Å². The molecule has 3 N–H and O–H groups in total. The minimum Gasteiger partial charge on any atom is -0.382 e. The molecule has 0 unspecified atom stereocenters. The van der Waals surface area contributed by atoms with E-state index in [1.165, 1.54) is 17.7 Å². The highest BCUT2D eigenvalue weighted by Gasteiger charge is 2.23. The maximum absolute atomic E-state index is 13.2. The van der Waals surface area contributed by atoms with Gasteiger partial charge in [-0.1, -0.05) is 44.2 Å². The lowest BCUT2D eigenvalue weighted by molar-refractivity contribution is 0.0174. The van der Waals surface area contributed by atoms with Gasteiger partial charge < -0.3 is 16.0 Å². The summed E-state index contributed by atoms with van der Waals surface area (Å²) >= 11 is 0. The van der Waals surface area contributed by atoms with Gasteiger partial charge in [-0.25, -0.2) is 8.78 Å². The van der Waals surface area contributed by atoms with Crippen LogP contribution in [0.2, 0.25) is 0 Å². The van der Waals surface area contributed by atoms with Crippen molar-refractivity contribution >= 4 is 0 Å². The third kappa shape index (κ3) is 12.2. The van der Waals surface area contributed by atoms with Gasteiger partial charge in [0, 0.05) is 50.6 Å². The van der Waals surface area contributed by atoms with E-state index >= 15 is 0 Å². The van der Waals surface area contributed by atoms with Crippen LogP contribution in [-0.2, 0) is 19.0 Å². The van der Waals surface area contributed by atoms with Crippen molar-refractivity contribution in [2.24, 2.45) is 0 Å². The maximum atomic E-state index is 13.2. The lowest BCUT2D eigenvalue weighted by Gasteiger charge is -2.13. The van der Waals surface area contributed by atoms with Crippen LogP contribution in [0.3, 0.4) is 0 Å². The number of nitrogens with one attached hydrogen (secondary N) is 3. The molecule has 1 aromatic carbocycles. The van der Waals surface area contributed by atoms with E-state index < -0.39 is 5.92 Å². The van der Waals surface area contributed by atoms with Crippen molar-refractivity contribution in [2.75, 3.05) is 19.6 Å². The van der Waals surface area contributed by atoms with Gasteiger partial charge in [-0.2, -0.15) is 0 Å². The molecule has 0 spiro atoms. The molecular formula is C26H38F2N4. The molecule has 0 fully saturated rings. The van der Waals surface area contributed by atoms with Crippen molar-refractivity contribution in [3.8, 4) is 12.8 Å². The Labute approximate surface area is 192 Å². The van der Waals surface area contributed by atoms with Gasteiger partial charge in [-0.05, 0) is 37.1 Å². The fourth-order valence-electron chi connectivity index (χ4n) is 2.71. The highest BCUT2D eigenvalue weighted by Crippen LogP contribution is 2.26. The summed E-state index contributed by atoms with van der Waals surface area (Å²) in [6, 6.07) is 10.5. The number of halogens is 2. The summed E-state index contributed by atoms with van der Waals surface area (Å²) in [7, 11) is 0. The molecule has 0 aliphatic carbocycles. The molecule has 0 bridgehead atoms. The van der Waals surface area contributed by atoms with E-state index in [0.29, 0.717) is 13.1 Å². The highest BCUT2D eigenvalue weighted by atomic mass is 19.3. The number of hydrogen-bond acceptors (Lipinski definition) is 4. The summed E-state index contributed by atoms with van der Waals surface area (Å²) in [5.41, 5.74) is 4.39. The van der Waals surface area contributed by atoms with Gasteiger partial charge in [0.15, 0.2) is 0 Å². The highest BCUT2D eigenvalue weighted by molar-refractivity contribution is 5.25. The average molecular weight is 445 g/mol. The number of aryl methyl sites for hydroxylation is 1. The van der Waals surface area contributed by atoms with E-state index in [0.717, 1.165) is 43.5 Å². The van der Waals surface area contributed by atoms with Crippen LogP contribution in [0.1, 0.15) is 50.1 Å². The monoisotopic (exact) mass is 444 g/mol. The molecule has 32 heavy (non-hydrogen) atoms. The second-order valence-corrected chi connectivity index (χ2v) is 6.93. The predicted molar refractivity (Wildman–Crippen MR) is 131 cm³/mol. The number of rotatable bonds is 11. The molecule has 0 saturated heterocycles. The molecule has 176 valence electrons. The molecule has 1 aromatic heterocycles. The fourth-order valence-corrected chi connectivity index (χ4v) is 2.71. The van der Waals surface area contributed by atoms with Crippen LogP contribution >= 0.6 is 0 Å². The van der Waals surface area contributed by atoms with Crippen LogP contribution in [0.4, 0.5) is 8.78 Å². The van der Waals surface area contributed by atoms with Gasteiger partial charge in [-0.3, -0.25) is 4.98 Å². The summed E-state index contributed by atoms with van der Waals surface area (Å²) < 4.78 is 26.4. The van der Waals surface area contributed by atoms with Crippen molar-refractivity contribution in [3.63, 3.8) is 0 Å². The van der Waals surface area contributed by atoms with Gasteiger partial charge in [0.05, 0.1) is 12.2 Å². The largest absolute Gasteiger partial charge is 0.382 e. The number of benzene rings is 1. The van der Waals surface area contributed by atoms with Crippen molar-refractivity contribution in [2.45, 2.75) is 53.6 Å².